The molecule has 152 valence electrons. The van der Waals surface area contributed by atoms with Gasteiger partial charge >= 0.3 is 0 Å². The van der Waals surface area contributed by atoms with Crippen molar-refractivity contribution >= 4 is 17.7 Å². The molecule has 1 amide bonds. The zero-order valence-electron chi connectivity index (χ0n) is 17.1. The van der Waals surface area contributed by atoms with Gasteiger partial charge in [-0.1, -0.05) is 55.9 Å². The van der Waals surface area contributed by atoms with Gasteiger partial charge in [0, 0.05) is 24.5 Å². The number of pyridine rings is 1. The lowest BCUT2D eigenvalue weighted by Crippen LogP contribution is -2.31. The predicted octanol–water partition coefficient (Wildman–Crippen LogP) is 4.36. The fourth-order valence-electron chi connectivity index (χ4n) is 3.20. The molecule has 0 saturated carbocycles. The molecule has 2 heterocycles. The Morgan fingerprint density at radius 1 is 1.10 bits per heavy atom. The lowest BCUT2D eigenvalue weighted by Gasteiger charge is -2.21. The summed E-state index contributed by atoms with van der Waals surface area (Å²) in [6.07, 6.45) is 4.38. The van der Waals surface area contributed by atoms with E-state index in [1.807, 2.05) is 41.8 Å². The van der Waals surface area contributed by atoms with E-state index < -0.39 is 0 Å². The van der Waals surface area contributed by atoms with Crippen molar-refractivity contribution in [2.24, 2.45) is 5.92 Å². The number of nitrogens with one attached hydrogen (secondary N) is 1. The van der Waals surface area contributed by atoms with E-state index >= 15 is 0 Å². The molecule has 6 nitrogen and oxygen atoms in total. The van der Waals surface area contributed by atoms with Crippen molar-refractivity contribution in [2.75, 3.05) is 5.75 Å². The van der Waals surface area contributed by atoms with Crippen LogP contribution in [0.15, 0.2) is 60.0 Å². The molecule has 1 N–H and O–H groups in total. The zero-order valence-corrected chi connectivity index (χ0v) is 17.9. The number of carbonyl (C=O) groups excluding carboxylic acids is 1. The van der Waals surface area contributed by atoms with Crippen LogP contribution in [0.25, 0.3) is 11.4 Å². The third-order valence-corrected chi connectivity index (χ3v) is 5.51. The Morgan fingerprint density at radius 3 is 2.48 bits per heavy atom. The summed E-state index contributed by atoms with van der Waals surface area (Å²) in [7, 11) is 0. The summed E-state index contributed by atoms with van der Waals surface area (Å²) in [5.74, 6) is 1.58. The minimum Gasteiger partial charge on any atom is -0.349 e. The van der Waals surface area contributed by atoms with Gasteiger partial charge in [0.15, 0.2) is 11.0 Å². The van der Waals surface area contributed by atoms with Crippen LogP contribution in [0.2, 0.25) is 0 Å². The van der Waals surface area contributed by atoms with E-state index in [1.54, 1.807) is 12.4 Å². The van der Waals surface area contributed by atoms with Gasteiger partial charge in [-0.25, -0.2) is 0 Å². The highest BCUT2D eigenvalue weighted by molar-refractivity contribution is 7.99. The van der Waals surface area contributed by atoms with Crippen LogP contribution in [0, 0.1) is 5.92 Å². The largest absolute Gasteiger partial charge is 0.349 e. The smallest absolute Gasteiger partial charge is 0.230 e. The van der Waals surface area contributed by atoms with E-state index in [-0.39, 0.29) is 11.9 Å². The molecule has 0 aliphatic carbocycles. The Labute approximate surface area is 176 Å². The Balaban J connectivity index is 1.66. The first kappa shape index (κ1) is 21.0. The third kappa shape index (κ3) is 5.67. The molecule has 2 aromatic heterocycles. The first-order valence-electron chi connectivity index (χ1n) is 9.89. The van der Waals surface area contributed by atoms with Crippen molar-refractivity contribution in [3.63, 3.8) is 0 Å². The molecule has 1 atom stereocenters. The molecule has 1 aromatic carbocycles. The number of hydrogen-bond donors (Lipinski definition) is 1. The molecule has 29 heavy (non-hydrogen) atoms. The van der Waals surface area contributed by atoms with Crippen LogP contribution in [0.5, 0.6) is 0 Å². The monoisotopic (exact) mass is 409 g/mol. The Kier molecular flexibility index (Phi) is 7.41. The number of aromatic nitrogens is 4. The summed E-state index contributed by atoms with van der Waals surface area (Å²) in [6.45, 7) is 7.11. The van der Waals surface area contributed by atoms with Gasteiger partial charge in [-0.15, -0.1) is 10.2 Å². The molecule has 0 unspecified atom stereocenters. The highest BCUT2D eigenvalue weighted by Crippen LogP contribution is 2.25. The van der Waals surface area contributed by atoms with Gasteiger partial charge in [-0.05, 0) is 37.0 Å². The second-order valence-electron chi connectivity index (χ2n) is 7.24. The molecule has 0 saturated heterocycles. The zero-order chi connectivity index (χ0) is 20.6. The standard InChI is InChI=1S/C22H27N5OS/c1-4-27-21(18-10-12-23-13-11-18)25-26-22(27)29-15-20(28)24-19(14-16(2)3)17-8-6-5-7-9-17/h5-13,16,19H,4,14-15H2,1-3H3,(H,24,28)/t19-/m1/s1. The lowest BCUT2D eigenvalue weighted by molar-refractivity contribution is -0.119. The van der Waals surface area contributed by atoms with E-state index in [4.69, 9.17) is 0 Å². The number of benzene rings is 1. The summed E-state index contributed by atoms with van der Waals surface area (Å²) in [5, 5.41) is 12.5. The summed E-state index contributed by atoms with van der Waals surface area (Å²) >= 11 is 1.41. The van der Waals surface area contributed by atoms with Crippen LogP contribution in [0.1, 0.15) is 38.8 Å². The maximum atomic E-state index is 12.7. The van der Waals surface area contributed by atoms with Gasteiger partial charge in [-0.3, -0.25) is 9.78 Å². The fourth-order valence-corrected chi connectivity index (χ4v) is 4.01. The molecule has 0 bridgehead atoms. The van der Waals surface area contributed by atoms with Crippen molar-refractivity contribution in [3.05, 3.63) is 60.4 Å². The molecule has 0 radical (unpaired) electrons. The molecular formula is C22H27N5OS. The summed E-state index contributed by atoms with van der Waals surface area (Å²) in [4.78, 5) is 16.7. The van der Waals surface area contributed by atoms with E-state index in [0.29, 0.717) is 11.7 Å². The number of rotatable bonds is 9. The second kappa shape index (κ2) is 10.2. The van der Waals surface area contributed by atoms with Crippen LogP contribution in [-0.4, -0.2) is 31.4 Å². The van der Waals surface area contributed by atoms with Gasteiger partial charge in [0.25, 0.3) is 0 Å². The van der Waals surface area contributed by atoms with Crippen molar-refractivity contribution in [1.29, 1.82) is 0 Å². The predicted molar refractivity (Wildman–Crippen MR) is 116 cm³/mol. The van der Waals surface area contributed by atoms with Gasteiger partial charge in [0.2, 0.25) is 5.91 Å². The van der Waals surface area contributed by atoms with E-state index in [1.165, 1.54) is 11.8 Å². The maximum Gasteiger partial charge on any atom is 0.230 e. The molecule has 7 heteroatoms. The van der Waals surface area contributed by atoms with Gasteiger partial charge < -0.3 is 9.88 Å². The van der Waals surface area contributed by atoms with E-state index in [9.17, 15) is 4.79 Å². The van der Waals surface area contributed by atoms with Crippen molar-refractivity contribution in [3.8, 4) is 11.4 Å². The van der Waals surface area contributed by atoms with Crippen LogP contribution < -0.4 is 5.32 Å². The molecule has 3 aromatic rings. The summed E-state index contributed by atoms with van der Waals surface area (Å²) in [5.41, 5.74) is 2.10. The molecule has 0 fully saturated rings. The van der Waals surface area contributed by atoms with E-state index in [0.717, 1.165) is 35.1 Å². The van der Waals surface area contributed by atoms with Crippen molar-refractivity contribution in [1.82, 2.24) is 25.1 Å². The van der Waals surface area contributed by atoms with E-state index in [2.05, 4.69) is 46.5 Å². The first-order chi connectivity index (χ1) is 14.1. The van der Waals surface area contributed by atoms with Crippen molar-refractivity contribution in [2.45, 2.75) is 44.9 Å². The highest BCUT2D eigenvalue weighted by Gasteiger charge is 2.18. The highest BCUT2D eigenvalue weighted by atomic mass is 32.2. The normalized spacial score (nSPS) is 12.1. The fraction of sp³-hybridized carbons (Fsp3) is 0.364. The number of carbonyl (C=O) groups is 1. The summed E-state index contributed by atoms with van der Waals surface area (Å²) in [6, 6.07) is 14.0. The average molecular weight is 410 g/mol. The minimum absolute atomic E-state index is 0.000572. The second-order valence-corrected chi connectivity index (χ2v) is 8.18. The molecule has 0 spiro atoms. The number of nitrogens with zero attached hydrogens (tertiary/aromatic N) is 4. The molecular weight excluding hydrogens is 382 g/mol. The van der Waals surface area contributed by atoms with Gasteiger partial charge in [0.05, 0.1) is 11.8 Å². The number of amides is 1. The minimum atomic E-state index is 0.000572. The first-order valence-corrected chi connectivity index (χ1v) is 10.9. The number of hydrogen-bond acceptors (Lipinski definition) is 5. The Morgan fingerprint density at radius 2 is 1.83 bits per heavy atom. The molecule has 0 aliphatic heterocycles. The topological polar surface area (TPSA) is 72.7 Å². The SMILES string of the molecule is CCn1c(SCC(=O)N[C@H](CC(C)C)c2ccccc2)nnc1-c1ccncc1. The third-order valence-electron chi connectivity index (χ3n) is 4.55. The van der Waals surface area contributed by atoms with Crippen LogP contribution in [-0.2, 0) is 11.3 Å². The van der Waals surface area contributed by atoms with Crippen LogP contribution in [0.4, 0.5) is 0 Å². The Bertz CT molecular complexity index is 911. The quantitative estimate of drug-likeness (QED) is 0.532. The summed E-state index contributed by atoms with van der Waals surface area (Å²) < 4.78 is 2.02. The van der Waals surface area contributed by atoms with Gasteiger partial charge in [0.1, 0.15) is 0 Å². The number of thioether (sulfide) groups is 1. The molecule has 0 aliphatic rings. The average Bonchev–Trinajstić information content (AvgIpc) is 3.15. The Hall–Kier alpha value is -2.67. The van der Waals surface area contributed by atoms with Crippen LogP contribution >= 0.6 is 11.8 Å². The van der Waals surface area contributed by atoms with Crippen molar-refractivity contribution < 1.29 is 4.79 Å². The molecule has 3 rings (SSSR count). The lowest BCUT2D eigenvalue weighted by atomic mass is 9.97. The maximum absolute atomic E-state index is 12.7. The van der Waals surface area contributed by atoms with Gasteiger partial charge in [-0.2, -0.15) is 0 Å². The van der Waals surface area contributed by atoms with Crippen LogP contribution in [0.3, 0.4) is 0 Å².